The number of likely N-dealkylation sites (tertiary alicyclic amines) is 1. The summed E-state index contributed by atoms with van der Waals surface area (Å²) < 4.78 is 5.27. The summed E-state index contributed by atoms with van der Waals surface area (Å²) in [6.07, 6.45) is 5.70. The van der Waals surface area contributed by atoms with Gasteiger partial charge in [-0.15, -0.1) is 0 Å². The fourth-order valence-corrected chi connectivity index (χ4v) is 4.61. The lowest BCUT2D eigenvalue weighted by Crippen LogP contribution is -2.36. The van der Waals surface area contributed by atoms with Crippen LogP contribution in [-0.2, 0) is 6.42 Å². The molecule has 2 aliphatic rings. The Hall–Kier alpha value is -3.40. The Kier molecular flexibility index (Phi) is 5.06. The van der Waals surface area contributed by atoms with E-state index in [2.05, 4.69) is 24.8 Å². The van der Waals surface area contributed by atoms with E-state index < -0.39 is 0 Å². The smallest absolute Gasteiger partial charge is 0.254 e. The molecule has 1 fully saturated rings. The Morgan fingerprint density at radius 2 is 1.77 bits per heavy atom. The Bertz CT molecular complexity index is 1200. The molecule has 4 heteroatoms. The van der Waals surface area contributed by atoms with Crippen molar-refractivity contribution >= 4 is 28.5 Å². The van der Waals surface area contributed by atoms with Crippen molar-refractivity contribution < 1.29 is 9.53 Å². The van der Waals surface area contributed by atoms with Gasteiger partial charge in [-0.1, -0.05) is 42.5 Å². The fraction of sp³-hybridized carbons (Fsp3) is 0.259. The monoisotopic (exact) mass is 410 g/mol. The predicted molar refractivity (Wildman–Crippen MR) is 125 cm³/mol. The summed E-state index contributed by atoms with van der Waals surface area (Å²) in [5.74, 6) is 0.975. The van der Waals surface area contributed by atoms with E-state index in [0.29, 0.717) is 0 Å². The summed E-state index contributed by atoms with van der Waals surface area (Å²) >= 11 is 0. The van der Waals surface area contributed by atoms with Gasteiger partial charge in [0.25, 0.3) is 5.91 Å². The van der Waals surface area contributed by atoms with Crippen molar-refractivity contribution in [1.29, 1.82) is 0 Å². The zero-order valence-electron chi connectivity index (χ0n) is 17.9. The van der Waals surface area contributed by atoms with Crippen LogP contribution in [0.5, 0.6) is 5.75 Å². The minimum atomic E-state index is 0.132. The second kappa shape index (κ2) is 8.03. The number of pyridine rings is 1. The van der Waals surface area contributed by atoms with Crippen molar-refractivity contribution in [2.45, 2.75) is 25.7 Å². The van der Waals surface area contributed by atoms with Gasteiger partial charge in [0.1, 0.15) is 5.75 Å². The third-order valence-electron chi connectivity index (χ3n) is 6.37. The molecule has 156 valence electrons. The van der Waals surface area contributed by atoms with Crippen LogP contribution in [0.15, 0.2) is 60.7 Å². The number of hydrogen-bond donors (Lipinski definition) is 0. The van der Waals surface area contributed by atoms with Gasteiger partial charge in [0, 0.05) is 18.5 Å². The van der Waals surface area contributed by atoms with Crippen molar-refractivity contribution in [2.75, 3.05) is 20.2 Å². The number of ether oxygens (including phenoxy) is 1. The lowest BCUT2D eigenvalue weighted by atomic mass is 9.98. The largest absolute Gasteiger partial charge is 0.497 e. The summed E-state index contributed by atoms with van der Waals surface area (Å²) in [7, 11) is 1.67. The first-order valence-electron chi connectivity index (χ1n) is 10.9. The molecule has 0 saturated carbocycles. The first kappa shape index (κ1) is 19.6. The minimum absolute atomic E-state index is 0.132. The molecule has 5 rings (SSSR count). The zero-order valence-corrected chi connectivity index (χ0v) is 17.9. The highest BCUT2D eigenvalue weighted by atomic mass is 16.5. The van der Waals surface area contributed by atoms with Gasteiger partial charge in [0.2, 0.25) is 0 Å². The summed E-state index contributed by atoms with van der Waals surface area (Å²) in [6, 6.07) is 16.1. The molecule has 0 bridgehead atoms. The van der Waals surface area contributed by atoms with Crippen LogP contribution in [0.3, 0.4) is 0 Å². The van der Waals surface area contributed by atoms with Gasteiger partial charge in [-0.2, -0.15) is 0 Å². The van der Waals surface area contributed by atoms with E-state index in [-0.39, 0.29) is 5.91 Å². The van der Waals surface area contributed by atoms with Crippen molar-refractivity contribution in [3.63, 3.8) is 0 Å². The molecule has 31 heavy (non-hydrogen) atoms. The number of carbonyl (C=O) groups excluding carboxylic acids is 1. The fourth-order valence-electron chi connectivity index (χ4n) is 4.61. The molecule has 0 N–H and O–H groups in total. The molecule has 2 heterocycles. The molecule has 1 aliphatic carbocycles. The highest BCUT2D eigenvalue weighted by Crippen LogP contribution is 2.38. The van der Waals surface area contributed by atoms with Gasteiger partial charge in [0.05, 0.1) is 23.9 Å². The highest BCUT2D eigenvalue weighted by molar-refractivity contribution is 6.09. The van der Waals surface area contributed by atoms with Crippen LogP contribution in [0, 0.1) is 0 Å². The summed E-state index contributed by atoms with van der Waals surface area (Å²) in [6.45, 7) is 5.58. The topological polar surface area (TPSA) is 42.4 Å². The SMILES string of the molecule is C=C1CCN(C(=O)c2c3c(nc4ccccc24)/C(=C\c2ccc(OC)cc2)CC3)CC1. The van der Waals surface area contributed by atoms with E-state index in [1.807, 2.05) is 41.3 Å². The molecule has 3 aromatic rings. The molecule has 4 nitrogen and oxygen atoms in total. The number of rotatable bonds is 3. The number of allylic oxidation sites excluding steroid dienone is 1. The Morgan fingerprint density at radius 3 is 2.52 bits per heavy atom. The number of para-hydroxylation sites is 1. The van der Waals surface area contributed by atoms with Crippen molar-refractivity contribution in [1.82, 2.24) is 9.88 Å². The second-order valence-electron chi connectivity index (χ2n) is 8.32. The van der Waals surface area contributed by atoms with Gasteiger partial charge in [0.15, 0.2) is 0 Å². The summed E-state index contributed by atoms with van der Waals surface area (Å²) in [5.41, 5.74) is 7.32. The number of benzene rings is 2. The van der Waals surface area contributed by atoms with E-state index in [1.54, 1.807) is 7.11 Å². The molecular formula is C27H26N2O2. The van der Waals surface area contributed by atoms with Crippen LogP contribution in [-0.4, -0.2) is 36.0 Å². The van der Waals surface area contributed by atoms with Crippen LogP contribution in [0.2, 0.25) is 0 Å². The normalized spacial score (nSPS) is 17.3. The van der Waals surface area contributed by atoms with E-state index >= 15 is 0 Å². The minimum Gasteiger partial charge on any atom is -0.497 e. The summed E-state index contributed by atoms with van der Waals surface area (Å²) in [4.78, 5) is 20.6. The van der Waals surface area contributed by atoms with Crippen molar-refractivity contribution in [3.05, 3.63) is 83.1 Å². The Morgan fingerprint density at radius 1 is 1.03 bits per heavy atom. The van der Waals surface area contributed by atoms with E-state index in [4.69, 9.17) is 9.72 Å². The maximum absolute atomic E-state index is 13.7. The number of hydrogen-bond acceptors (Lipinski definition) is 3. The standard InChI is InChI=1S/C27H26N2O2/c1-18-13-15-29(16-14-18)27(30)25-22-5-3-4-6-24(22)28-26-20(9-12-23(25)26)17-19-7-10-21(31-2)11-8-19/h3-8,10-11,17H,1,9,12-16H2,2H3/b20-17-. The third kappa shape index (κ3) is 3.63. The number of aromatic nitrogens is 1. The molecule has 1 amide bonds. The summed E-state index contributed by atoms with van der Waals surface area (Å²) in [5, 5.41) is 0.960. The van der Waals surface area contributed by atoms with Gasteiger partial charge >= 0.3 is 0 Å². The zero-order chi connectivity index (χ0) is 21.4. The average Bonchev–Trinajstić information content (AvgIpc) is 3.20. The lowest BCUT2D eigenvalue weighted by molar-refractivity contribution is 0.0744. The number of nitrogens with zero attached hydrogens (tertiary/aromatic N) is 2. The molecule has 1 saturated heterocycles. The van der Waals surface area contributed by atoms with Gasteiger partial charge in [-0.25, -0.2) is 4.98 Å². The molecule has 0 radical (unpaired) electrons. The molecule has 1 aliphatic heterocycles. The average molecular weight is 411 g/mol. The molecule has 1 aromatic heterocycles. The van der Waals surface area contributed by atoms with Crippen LogP contribution < -0.4 is 4.74 Å². The number of fused-ring (bicyclic) bond motifs is 2. The number of methoxy groups -OCH3 is 1. The van der Waals surface area contributed by atoms with Gasteiger partial charge in [-0.3, -0.25) is 4.79 Å². The molecule has 0 unspecified atom stereocenters. The maximum Gasteiger partial charge on any atom is 0.254 e. The lowest BCUT2D eigenvalue weighted by Gasteiger charge is -2.29. The van der Waals surface area contributed by atoms with Crippen LogP contribution >= 0.6 is 0 Å². The number of carbonyl (C=O) groups is 1. The van der Waals surface area contributed by atoms with Crippen LogP contribution in [0.25, 0.3) is 22.6 Å². The van der Waals surface area contributed by atoms with Crippen LogP contribution in [0.1, 0.15) is 46.4 Å². The quantitative estimate of drug-likeness (QED) is 0.534. The van der Waals surface area contributed by atoms with Crippen molar-refractivity contribution in [2.24, 2.45) is 0 Å². The molecular weight excluding hydrogens is 384 g/mol. The third-order valence-corrected chi connectivity index (χ3v) is 6.37. The van der Waals surface area contributed by atoms with E-state index in [9.17, 15) is 4.79 Å². The van der Waals surface area contributed by atoms with E-state index in [1.165, 1.54) is 11.1 Å². The number of amides is 1. The molecule has 0 spiro atoms. The van der Waals surface area contributed by atoms with Gasteiger partial charge < -0.3 is 9.64 Å². The number of piperidine rings is 1. The molecule has 2 aromatic carbocycles. The highest BCUT2D eigenvalue weighted by Gasteiger charge is 2.29. The van der Waals surface area contributed by atoms with Crippen LogP contribution in [0.4, 0.5) is 0 Å². The second-order valence-corrected chi connectivity index (χ2v) is 8.32. The predicted octanol–water partition coefficient (Wildman–Crippen LogP) is 5.52. The first-order valence-corrected chi connectivity index (χ1v) is 10.9. The van der Waals surface area contributed by atoms with Gasteiger partial charge in [-0.05, 0) is 66.7 Å². The Labute approximate surface area is 182 Å². The Balaban J connectivity index is 1.60. The van der Waals surface area contributed by atoms with Crippen molar-refractivity contribution in [3.8, 4) is 5.75 Å². The maximum atomic E-state index is 13.7. The first-order chi connectivity index (χ1) is 15.1. The van der Waals surface area contributed by atoms with E-state index in [0.717, 1.165) is 77.8 Å². The molecule has 0 atom stereocenters.